The quantitative estimate of drug-likeness (QED) is 0.579. The summed E-state index contributed by atoms with van der Waals surface area (Å²) in [5.74, 6) is -2.10. The maximum absolute atomic E-state index is 11.5. The number of sulfone groups is 1. The van der Waals surface area contributed by atoms with E-state index in [4.69, 9.17) is 5.11 Å². The summed E-state index contributed by atoms with van der Waals surface area (Å²) in [6.07, 6.45) is -0.823. The lowest BCUT2D eigenvalue weighted by molar-refractivity contribution is -0.144. The lowest BCUT2D eigenvalue weighted by Crippen LogP contribution is -2.48. The van der Waals surface area contributed by atoms with Crippen LogP contribution in [0.2, 0.25) is 0 Å². The van der Waals surface area contributed by atoms with Gasteiger partial charge in [0.15, 0.2) is 15.9 Å². The topological polar surface area (TPSA) is 121 Å². The van der Waals surface area contributed by atoms with Gasteiger partial charge in [0.1, 0.15) is 0 Å². The molecule has 0 radical (unpaired) electrons. The highest BCUT2D eigenvalue weighted by Gasteiger charge is 2.31. The molecule has 0 bridgehead atoms. The number of nitrogens with one attached hydrogen (secondary N) is 1. The minimum Gasteiger partial charge on any atom is -0.480 e. The van der Waals surface area contributed by atoms with E-state index in [1.54, 1.807) is 0 Å². The van der Waals surface area contributed by atoms with Crippen LogP contribution >= 0.6 is 0 Å². The minimum absolute atomic E-state index is 0.0320. The van der Waals surface area contributed by atoms with Crippen LogP contribution in [-0.4, -0.2) is 54.2 Å². The molecule has 1 aliphatic heterocycles. The average Bonchev–Trinajstić information content (AvgIpc) is 2.53. The van der Waals surface area contributed by atoms with Crippen LogP contribution < -0.4 is 5.32 Å². The first-order valence-electron chi connectivity index (χ1n) is 5.62. The van der Waals surface area contributed by atoms with Gasteiger partial charge < -0.3 is 15.5 Å². The number of carbonyl (C=O) groups is 2. The Labute approximate surface area is 105 Å². The summed E-state index contributed by atoms with van der Waals surface area (Å²) in [6, 6.07) is -1.37. The van der Waals surface area contributed by atoms with Gasteiger partial charge >= 0.3 is 5.97 Å². The van der Waals surface area contributed by atoms with Crippen LogP contribution in [0.25, 0.3) is 0 Å². The Balaban J connectivity index is 2.49. The van der Waals surface area contributed by atoms with Crippen molar-refractivity contribution >= 4 is 21.7 Å². The third-order valence-electron chi connectivity index (χ3n) is 2.87. The zero-order valence-corrected chi connectivity index (χ0v) is 10.8. The second kappa shape index (κ2) is 5.66. The van der Waals surface area contributed by atoms with E-state index in [0.29, 0.717) is 6.42 Å². The van der Waals surface area contributed by atoms with Gasteiger partial charge in [-0.15, -0.1) is 0 Å². The summed E-state index contributed by atoms with van der Waals surface area (Å²) >= 11 is 0. The number of hydrogen-bond acceptors (Lipinski definition) is 5. The number of aliphatic carboxylic acids is 1. The highest BCUT2D eigenvalue weighted by molar-refractivity contribution is 7.91. The average molecular weight is 279 g/mol. The van der Waals surface area contributed by atoms with E-state index < -0.39 is 33.9 Å². The molecule has 0 aromatic rings. The molecule has 1 amide bonds. The lowest BCUT2D eigenvalue weighted by atomic mass is 10.0. The van der Waals surface area contributed by atoms with E-state index in [1.165, 1.54) is 6.92 Å². The molecule has 0 aromatic carbocycles. The minimum atomic E-state index is -3.05. The van der Waals surface area contributed by atoms with E-state index in [1.807, 2.05) is 0 Å². The van der Waals surface area contributed by atoms with Gasteiger partial charge in [-0.1, -0.05) is 0 Å². The summed E-state index contributed by atoms with van der Waals surface area (Å²) in [4.78, 5) is 22.3. The standard InChI is InChI=1S/C10H17NO6S/c1-6(12)9(10(14)15)11-8(13)4-7-2-3-18(16,17)5-7/h6-7,9,12H,2-5H2,1H3,(H,11,13)(H,14,15). The smallest absolute Gasteiger partial charge is 0.328 e. The molecule has 0 saturated carbocycles. The fraction of sp³-hybridized carbons (Fsp3) is 0.800. The zero-order valence-electron chi connectivity index (χ0n) is 10.00. The largest absolute Gasteiger partial charge is 0.480 e. The van der Waals surface area contributed by atoms with Gasteiger partial charge in [0.05, 0.1) is 17.6 Å². The van der Waals surface area contributed by atoms with Crippen molar-refractivity contribution in [3.05, 3.63) is 0 Å². The van der Waals surface area contributed by atoms with Crippen molar-refractivity contribution in [2.45, 2.75) is 31.9 Å². The van der Waals surface area contributed by atoms with Gasteiger partial charge in [0.2, 0.25) is 5.91 Å². The van der Waals surface area contributed by atoms with Crippen LogP contribution in [-0.2, 0) is 19.4 Å². The van der Waals surface area contributed by atoms with Crippen molar-refractivity contribution in [3.63, 3.8) is 0 Å². The summed E-state index contributed by atoms with van der Waals surface area (Å²) in [5, 5.41) is 20.1. The third kappa shape index (κ3) is 4.26. The Morgan fingerprint density at radius 1 is 1.44 bits per heavy atom. The van der Waals surface area contributed by atoms with Crippen molar-refractivity contribution < 1.29 is 28.2 Å². The molecule has 1 rings (SSSR count). The number of carbonyl (C=O) groups excluding carboxylic acids is 1. The van der Waals surface area contributed by atoms with Crippen molar-refractivity contribution in [3.8, 4) is 0 Å². The molecule has 1 aliphatic rings. The molecule has 0 aliphatic carbocycles. The van der Waals surface area contributed by atoms with Gasteiger partial charge in [-0.3, -0.25) is 4.79 Å². The van der Waals surface area contributed by atoms with Crippen molar-refractivity contribution in [1.82, 2.24) is 5.32 Å². The van der Waals surface area contributed by atoms with Crippen molar-refractivity contribution in [1.29, 1.82) is 0 Å². The van der Waals surface area contributed by atoms with Crippen LogP contribution in [0.4, 0.5) is 0 Å². The predicted octanol–water partition coefficient (Wildman–Crippen LogP) is -1.24. The molecule has 18 heavy (non-hydrogen) atoms. The number of rotatable bonds is 5. The van der Waals surface area contributed by atoms with Gasteiger partial charge in [0.25, 0.3) is 0 Å². The number of hydrogen-bond donors (Lipinski definition) is 3. The predicted molar refractivity (Wildman–Crippen MR) is 62.6 cm³/mol. The van der Waals surface area contributed by atoms with Gasteiger partial charge in [-0.25, -0.2) is 13.2 Å². The summed E-state index contributed by atoms with van der Waals surface area (Å²) in [7, 11) is -3.05. The van der Waals surface area contributed by atoms with Gasteiger partial charge in [0, 0.05) is 6.42 Å². The Morgan fingerprint density at radius 2 is 2.06 bits per heavy atom. The van der Waals surface area contributed by atoms with Gasteiger partial charge in [-0.2, -0.15) is 0 Å². The SMILES string of the molecule is CC(O)C(NC(=O)CC1CCS(=O)(=O)C1)C(=O)O. The molecule has 8 heteroatoms. The van der Waals surface area contributed by atoms with E-state index >= 15 is 0 Å². The Hall–Kier alpha value is -1.15. The molecule has 3 unspecified atom stereocenters. The number of aliphatic hydroxyl groups excluding tert-OH is 1. The van der Waals surface area contributed by atoms with E-state index in [9.17, 15) is 23.1 Å². The second-order valence-electron chi connectivity index (χ2n) is 4.60. The normalized spacial score (nSPS) is 25.3. The first-order valence-corrected chi connectivity index (χ1v) is 7.44. The molecular formula is C10H17NO6S. The van der Waals surface area contributed by atoms with Crippen LogP contribution in [0.5, 0.6) is 0 Å². The lowest BCUT2D eigenvalue weighted by Gasteiger charge is -2.18. The van der Waals surface area contributed by atoms with Crippen molar-refractivity contribution in [2.75, 3.05) is 11.5 Å². The maximum Gasteiger partial charge on any atom is 0.328 e. The summed E-state index contributed by atoms with van der Waals surface area (Å²) in [5.41, 5.74) is 0. The molecular weight excluding hydrogens is 262 g/mol. The monoisotopic (exact) mass is 279 g/mol. The molecule has 0 aromatic heterocycles. The second-order valence-corrected chi connectivity index (χ2v) is 6.83. The van der Waals surface area contributed by atoms with E-state index in [-0.39, 0.29) is 23.8 Å². The molecule has 104 valence electrons. The van der Waals surface area contributed by atoms with Crippen LogP contribution in [0, 0.1) is 5.92 Å². The number of amides is 1. The molecule has 7 nitrogen and oxygen atoms in total. The molecule has 3 N–H and O–H groups in total. The van der Waals surface area contributed by atoms with Crippen LogP contribution in [0.3, 0.4) is 0 Å². The number of aliphatic hydroxyl groups is 1. The van der Waals surface area contributed by atoms with E-state index in [2.05, 4.69) is 5.32 Å². The Bertz CT molecular complexity index is 430. The van der Waals surface area contributed by atoms with E-state index in [0.717, 1.165) is 0 Å². The molecule has 1 saturated heterocycles. The van der Waals surface area contributed by atoms with Crippen LogP contribution in [0.1, 0.15) is 19.8 Å². The Morgan fingerprint density at radius 3 is 2.44 bits per heavy atom. The highest BCUT2D eigenvalue weighted by Crippen LogP contribution is 2.21. The Kier molecular flexibility index (Phi) is 4.69. The fourth-order valence-electron chi connectivity index (χ4n) is 1.92. The van der Waals surface area contributed by atoms with Gasteiger partial charge in [-0.05, 0) is 19.3 Å². The number of carboxylic acids is 1. The molecule has 1 heterocycles. The number of carboxylic acid groups (broad SMARTS) is 1. The molecule has 1 fully saturated rings. The summed E-state index contributed by atoms with van der Waals surface area (Å²) < 4.78 is 22.4. The first-order chi connectivity index (χ1) is 8.21. The summed E-state index contributed by atoms with van der Waals surface area (Å²) in [6.45, 7) is 1.26. The fourth-order valence-corrected chi connectivity index (χ4v) is 3.78. The maximum atomic E-state index is 11.5. The third-order valence-corrected chi connectivity index (χ3v) is 4.70. The molecule has 0 spiro atoms. The zero-order chi connectivity index (χ0) is 13.9. The first kappa shape index (κ1) is 14.9. The van der Waals surface area contributed by atoms with Crippen LogP contribution in [0.15, 0.2) is 0 Å². The van der Waals surface area contributed by atoms with Crippen molar-refractivity contribution in [2.24, 2.45) is 5.92 Å². The highest BCUT2D eigenvalue weighted by atomic mass is 32.2. The molecule has 3 atom stereocenters.